The first-order chi connectivity index (χ1) is 11.9. The van der Waals surface area contributed by atoms with E-state index in [4.69, 9.17) is 11.6 Å². The molecule has 8 heteroatoms. The van der Waals surface area contributed by atoms with Crippen molar-refractivity contribution >= 4 is 27.1 Å². The summed E-state index contributed by atoms with van der Waals surface area (Å²) in [6.07, 6.45) is 2.57. The van der Waals surface area contributed by atoms with Crippen LogP contribution in [0, 0.1) is 6.92 Å². The summed E-state index contributed by atoms with van der Waals surface area (Å²) in [5.74, 6) is 0. The van der Waals surface area contributed by atoms with E-state index in [9.17, 15) is 8.42 Å². The van der Waals surface area contributed by atoms with Crippen molar-refractivity contribution in [1.82, 2.24) is 19.5 Å². The smallest absolute Gasteiger partial charge is 0.212 e. The number of hydrogen-bond acceptors (Lipinski definition) is 5. The highest BCUT2D eigenvalue weighted by Gasteiger charge is 2.29. The van der Waals surface area contributed by atoms with Crippen LogP contribution in [-0.4, -0.2) is 41.5 Å². The molecule has 1 aliphatic heterocycles. The first kappa shape index (κ1) is 16.5. The van der Waals surface area contributed by atoms with Crippen LogP contribution in [0.25, 0.3) is 5.65 Å². The molecule has 0 amide bonds. The second-order valence-corrected chi connectivity index (χ2v) is 8.65. The number of nitrogens with zero attached hydrogens (tertiary/aromatic N) is 4. The third-order valence-corrected chi connectivity index (χ3v) is 6.62. The molecule has 0 fully saturated rings. The molecule has 0 N–H and O–H groups in total. The van der Waals surface area contributed by atoms with E-state index in [1.165, 1.54) is 12.1 Å². The molecular formula is C17H17ClN4O2S. The van der Waals surface area contributed by atoms with Gasteiger partial charge in [-0.25, -0.2) is 17.9 Å². The fraction of sp³-hybridized carbons (Fsp3) is 0.294. The SMILES string of the molecule is Cc1nn2c3c(cnc2c1S(=O)(=O)c1cccc(Cl)c1)CN(C)CC3. The third-order valence-electron chi connectivity index (χ3n) is 4.50. The van der Waals surface area contributed by atoms with E-state index in [1.807, 2.05) is 0 Å². The molecule has 0 saturated carbocycles. The molecule has 0 atom stereocenters. The van der Waals surface area contributed by atoms with Crippen molar-refractivity contribution in [2.24, 2.45) is 0 Å². The monoisotopic (exact) mass is 376 g/mol. The lowest BCUT2D eigenvalue weighted by atomic mass is 10.1. The Morgan fingerprint density at radius 1 is 1.28 bits per heavy atom. The maximum absolute atomic E-state index is 13.1. The highest BCUT2D eigenvalue weighted by molar-refractivity contribution is 7.91. The van der Waals surface area contributed by atoms with Crippen molar-refractivity contribution in [2.75, 3.05) is 13.6 Å². The molecule has 0 bridgehead atoms. The van der Waals surface area contributed by atoms with Crippen LogP contribution in [0.3, 0.4) is 0 Å². The summed E-state index contributed by atoms with van der Waals surface area (Å²) in [5, 5.41) is 4.87. The Morgan fingerprint density at radius 2 is 2.08 bits per heavy atom. The Hall–Kier alpha value is -1.96. The van der Waals surface area contributed by atoms with Gasteiger partial charge >= 0.3 is 0 Å². The molecule has 0 saturated heterocycles. The standard InChI is InChI=1S/C17H17ClN4O2S/c1-11-16(25(23,24)14-5-3-4-13(18)8-14)17-19-9-12-10-21(2)7-6-15(12)22(17)20-11/h3-5,8-9H,6-7,10H2,1-2H3. The largest absolute Gasteiger partial charge is 0.302 e. The van der Waals surface area contributed by atoms with E-state index in [0.717, 1.165) is 30.8 Å². The van der Waals surface area contributed by atoms with E-state index < -0.39 is 9.84 Å². The molecule has 0 aliphatic carbocycles. The van der Waals surface area contributed by atoms with Crippen molar-refractivity contribution in [2.45, 2.75) is 29.7 Å². The number of benzene rings is 1. The number of aryl methyl sites for hydroxylation is 1. The molecule has 25 heavy (non-hydrogen) atoms. The Bertz CT molecular complexity index is 1090. The maximum Gasteiger partial charge on any atom is 0.212 e. The Labute approximate surface area is 151 Å². The molecule has 2 aromatic heterocycles. The van der Waals surface area contributed by atoms with E-state index in [2.05, 4.69) is 22.0 Å². The predicted octanol–water partition coefficient (Wildman–Crippen LogP) is 2.51. The molecule has 0 unspecified atom stereocenters. The molecule has 0 spiro atoms. The van der Waals surface area contributed by atoms with Crippen molar-refractivity contribution in [3.63, 3.8) is 0 Å². The van der Waals surface area contributed by atoms with Crippen molar-refractivity contribution in [1.29, 1.82) is 0 Å². The number of sulfone groups is 1. The minimum absolute atomic E-state index is 0.150. The van der Waals surface area contributed by atoms with Gasteiger partial charge in [0.1, 0.15) is 4.90 Å². The van der Waals surface area contributed by atoms with Gasteiger partial charge in [-0.1, -0.05) is 17.7 Å². The van der Waals surface area contributed by atoms with Crippen LogP contribution >= 0.6 is 11.6 Å². The van der Waals surface area contributed by atoms with Crippen molar-refractivity contribution in [3.8, 4) is 0 Å². The van der Waals surface area contributed by atoms with Gasteiger partial charge in [-0.2, -0.15) is 5.10 Å². The summed E-state index contributed by atoms with van der Waals surface area (Å²) in [5.41, 5.74) is 2.93. The highest BCUT2D eigenvalue weighted by atomic mass is 35.5. The van der Waals surface area contributed by atoms with Gasteiger partial charge in [0.15, 0.2) is 5.65 Å². The summed E-state index contributed by atoms with van der Waals surface area (Å²) in [6.45, 7) is 3.39. The van der Waals surface area contributed by atoms with E-state index in [1.54, 1.807) is 29.8 Å². The number of rotatable bonds is 2. The topological polar surface area (TPSA) is 67.6 Å². The third kappa shape index (κ3) is 2.63. The maximum atomic E-state index is 13.1. The molecule has 4 rings (SSSR count). The van der Waals surface area contributed by atoms with E-state index in [-0.39, 0.29) is 9.79 Å². The number of aromatic nitrogens is 3. The van der Waals surface area contributed by atoms with Gasteiger partial charge in [0.05, 0.1) is 16.3 Å². The summed E-state index contributed by atoms with van der Waals surface area (Å²) in [4.78, 5) is 6.93. The average Bonchev–Trinajstić information content (AvgIpc) is 2.91. The van der Waals surface area contributed by atoms with Gasteiger partial charge in [0.25, 0.3) is 0 Å². The molecule has 6 nitrogen and oxygen atoms in total. The van der Waals surface area contributed by atoms with Crippen LogP contribution in [0.5, 0.6) is 0 Å². The minimum Gasteiger partial charge on any atom is -0.302 e. The lowest BCUT2D eigenvalue weighted by Crippen LogP contribution is -2.28. The molecule has 3 heterocycles. The number of halogens is 1. The average molecular weight is 377 g/mol. The first-order valence-corrected chi connectivity index (χ1v) is 9.79. The molecule has 1 aromatic carbocycles. The Balaban J connectivity index is 1.96. The van der Waals surface area contributed by atoms with Crippen LogP contribution in [0.2, 0.25) is 5.02 Å². The van der Waals surface area contributed by atoms with Crippen LogP contribution in [0.4, 0.5) is 0 Å². The summed E-state index contributed by atoms with van der Waals surface area (Å²) in [7, 11) is -1.70. The predicted molar refractivity (Wildman–Crippen MR) is 94.7 cm³/mol. The summed E-state index contributed by atoms with van der Waals surface area (Å²) in [6, 6.07) is 6.26. The quantitative estimate of drug-likeness (QED) is 0.687. The zero-order valence-electron chi connectivity index (χ0n) is 13.9. The second kappa shape index (κ2) is 5.79. The van der Waals surface area contributed by atoms with Crippen molar-refractivity contribution in [3.05, 3.63) is 52.4 Å². The van der Waals surface area contributed by atoms with E-state index >= 15 is 0 Å². The van der Waals surface area contributed by atoms with Crippen molar-refractivity contribution < 1.29 is 8.42 Å². The molecule has 3 aromatic rings. The van der Waals surface area contributed by atoms with Gasteiger partial charge < -0.3 is 4.90 Å². The van der Waals surface area contributed by atoms with Crippen LogP contribution in [-0.2, 0) is 22.8 Å². The molecule has 0 radical (unpaired) electrons. The van der Waals surface area contributed by atoms with Gasteiger partial charge in [-0.15, -0.1) is 0 Å². The fourth-order valence-corrected chi connectivity index (χ4v) is 5.12. The number of fused-ring (bicyclic) bond motifs is 3. The summed E-state index contributed by atoms with van der Waals surface area (Å²) >= 11 is 5.97. The van der Waals surface area contributed by atoms with Gasteiger partial charge in [0.2, 0.25) is 9.84 Å². The zero-order valence-corrected chi connectivity index (χ0v) is 15.5. The molecular weight excluding hydrogens is 360 g/mol. The summed E-state index contributed by atoms with van der Waals surface area (Å²) < 4.78 is 28.0. The van der Waals surface area contributed by atoms with Crippen LogP contribution in [0.1, 0.15) is 17.0 Å². The Kier molecular flexibility index (Phi) is 3.82. The molecule has 130 valence electrons. The van der Waals surface area contributed by atoms with Crippen LogP contribution in [0.15, 0.2) is 40.3 Å². The number of hydrogen-bond donors (Lipinski definition) is 0. The Morgan fingerprint density at radius 3 is 2.84 bits per heavy atom. The zero-order chi connectivity index (χ0) is 17.8. The minimum atomic E-state index is -3.75. The van der Waals surface area contributed by atoms with Crippen LogP contribution < -0.4 is 0 Å². The second-order valence-electron chi connectivity index (χ2n) is 6.33. The van der Waals surface area contributed by atoms with Gasteiger partial charge in [-0.05, 0) is 32.2 Å². The number of likely N-dealkylation sites (N-methyl/N-ethyl adjacent to an activating group) is 1. The van der Waals surface area contributed by atoms with Gasteiger partial charge in [-0.3, -0.25) is 0 Å². The fourth-order valence-electron chi connectivity index (χ4n) is 3.28. The highest BCUT2D eigenvalue weighted by Crippen LogP contribution is 2.30. The lowest BCUT2D eigenvalue weighted by Gasteiger charge is -2.24. The molecule has 1 aliphatic rings. The van der Waals surface area contributed by atoms with E-state index in [0.29, 0.717) is 16.4 Å². The van der Waals surface area contributed by atoms with Gasteiger partial charge in [0, 0.05) is 36.3 Å². The normalized spacial score (nSPS) is 15.5. The lowest BCUT2D eigenvalue weighted by molar-refractivity contribution is 0.307. The first-order valence-electron chi connectivity index (χ1n) is 7.93.